The maximum Gasteiger partial charge on any atom is 0.134 e. The average Bonchev–Trinajstić information content (AvgIpc) is 2.82. The second kappa shape index (κ2) is 5.89. The number of nitrogens with one attached hydrogen (secondary N) is 1. The van der Waals surface area contributed by atoms with E-state index in [-0.39, 0.29) is 0 Å². The van der Waals surface area contributed by atoms with Gasteiger partial charge in [0.1, 0.15) is 11.5 Å². The van der Waals surface area contributed by atoms with Gasteiger partial charge in [-0.05, 0) is 30.7 Å². The highest BCUT2D eigenvalue weighted by Crippen LogP contribution is 2.29. The first-order chi connectivity index (χ1) is 8.72. The van der Waals surface area contributed by atoms with Crippen LogP contribution in [0, 0.1) is 6.92 Å². The maximum atomic E-state index is 6.11. The van der Waals surface area contributed by atoms with Gasteiger partial charge in [0, 0.05) is 17.1 Å². The number of furan rings is 1. The molecule has 0 spiro atoms. The predicted molar refractivity (Wildman–Crippen MR) is 75.8 cm³/mol. The van der Waals surface area contributed by atoms with E-state index in [1.54, 1.807) is 0 Å². The summed E-state index contributed by atoms with van der Waals surface area (Å²) >= 11 is 6.11. The van der Waals surface area contributed by atoms with Crippen molar-refractivity contribution in [1.82, 2.24) is 5.32 Å². The Bertz CT molecular complexity index is 545. The van der Waals surface area contributed by atoms with Gasteiger partial charge in [0.25, 0.3) is 0 Å². The molecular formula is C15H16ClNO. The van der Waals surface area contributed by atoms with Crippen LogP contribution in [-0.2, 0) is 6.54 Å². The zero-order valence-corrected chi connectivity index (χ0v) is 11.1. The lowest BCUT2D eigenvalue weighted by Crippen LogP contribution is -2.11. The Morgan fingerprint density at radius 3 is 2.94 bits per heavy atom. The van der Waals surface area contributed by atoms with E-state index in [0.717, 1.165) is 34.2 Å². The lowest BCUT2D eigenvalue weighted by atomic mass is 10.1. The summed E-state index contributed by atoms with van der Waals surface area (Å²) in [5.74, 6) is 1.76. The maximum absolute atomic E-state index is 6.11. The third-order valence-electron chi connectivity index (χ3n) is 2.78. The molecule has 0 amide bonds. The lowest BCUT2D eigenvalue weighted by molar-refractivity contribution is 0.501. The van der Waals surface area contributed by atoms with Crippen LogP contribution in [0.25, 0.3) is 11.3 Å². The molecule has 0 aliphatic rings. The highest BCUT2D eigenvalue weighted by Gasteiger charge is 2.08. The molecule has 18 heavy (non-hydrogen) atoms. The van der Waals surface area contributed by atoms with E-state index in [1.807, 2.05) is 43.3 Å². The number of halogens is 1. The van der Waals surface area contributed by atoms with Gasteiger partial charge in [-0.15, -0.1) is 6.58 Å². The predicted octanol–water partition coefficient (Wildman–Crippen LogP) is 4.18. The van der Waals surface area contributed by atoms with Crippen LogP contribution in [0.3, 0.4) is 0 Å². The molecule has 0 bridgehead atoms. The van der Waals surface area contributed by atoms with E-state index >= 15 is 0 Å². The Balaban J connectivity index is 2.19. The van der Waals surface area contributed by atoms with Crippen LogP contribution in [0.5, 0.6) is 0 Å². The first kappa shape index (κ1) is 12.9. The van der Waals surface area contributed by atoms with Crippen LogP contribution in [0.4, 0.5) is 0 Å². The van der Waals surface area contributed by atoms with Crippen molar-refractivity contribution in [3.63, 3.8) is 0 Å². The molecule has 0 atom stereocenters. The van der Waals surface area contributed by atoms with Crippen molar-refractivity contribution >= 4 is 11.6 Å². The number of hydrogen-bond acceptors (Lipinski definition) is 2. The Morgan fingerprint density at radius 1 is 1.33 bits per heavy atom. The second-order valence-corrected chi connectivity index (χ2v) is 4.51. The van der Waals surface area contributed by atoms with Crippen LogP contribution in [-0.4, -0.2) is 6.54 Å². The monoisotopic (exact) mass is 261 g/mol. The first-order valence-corrected chi connectivity index (χ1v) is 6.26. The molecule has 0 aliphatic carbocycles. The van der Waals surface area contributed by atoms with Crippen molar-refractivity contribution in [3.8, 4) is 11.3 Å². The molecule has 1 heterocycles. The molecule has 94 valence electrons. The van der Waals surface area contributed by atoms with Crippen LogP contribution in [0.15, 0.2) is 47.4 Å². The van der Waals surface area contributed by atoms with E-state index < -0.39 is 0 Å². The standard InChI is InChI=1S/C15H16ClNO/c1-3-9-17-10-12-7-8-15(18-12)13-5-4-6-14(16)11(13)2/h3-8,17H,1,9-10H2,2H3. The first-order valence-electron chi connectivity index (χ1n) is 5.88. The average molecular weight is 262 g/mol. The Labute approximate surface area is 112 Å². The Hall–Kier alpha value is -1.51. The SMILES string of the molecule is C=CCNCc1ccc(-c2cccc(Cl)c2C)o1. The van der Waals surface area contributed by atoms with Gasteiger partial charge in [-0.1, -0.05) is 29.8 Å². The van der Waals surface area contributed by atoms with Crippen molar-refractivity contribution in [3.05, 3.63) is 59.3 Å². The fraction of sp³-hybridized carbons (Fsp3) is 0.200. The normalized spacial score (nSPS) is 10.6. The van der Waals surface area contributed by atoms with E-state index in [1.165, 1.54) is 0 Å². The fourth-order valence-electron chi connectivity index (χ4n) is 1.79. The largest absolute Gasteiger partial charge is 0.460 e. The molecule has 3 heteroatoms. The molecule has 1 aromatic carbocycles. The summed E-state index contributed by atoms with van der Waals surface area (Å²) in [6.07, 6.45) is 1.82. The van der Waals surface area contributed by atoms with Gasteiger partial charge >= 0.3 is 0 Å². The summed E-state index contributed by atoms with van der Waals surface area (Å²) in [6, 6.07) is 9.79. The van der Waals surface area contributed by atoms with Crippen LogP contribution in [0.1, 0.15) is 11.3 Å². The van der Waals surface area contributed by atoms with Gasteiger partial charge < -0.3 is 9.73 Å². The van der Waals surface area contributed by atoms with Crippen molar-refractivity contribution in [2.45, 2.75) is 13.5 Å². The lowest BCUT2D eigenvalue weighted by Gasteiger charge is -2.04. The van der Waals surface area contributed by atoms with Crippen LogP contribution in [0.2, 0.25) is 5.02 Å². The molecule has 0 aliphatic heterocycles. The van der Waals surface area contributed by atoms with Crippen LogP contribution < -0.4 is 5.32 Å². The number of hydrogen-bond donors (Lipinski definition) is 1. The van der Waals surface area contributed by atoms with E-state index in [4.69, 9.17) is 16.0 Å². The van der Waals surface area contributed by atoms with Crippen molar-refractivity contribution in [2.24, 2.45) is 0 Å². The van der Waals surface area contributed by atoms with E-state index in [0.29, 0.717) is 6.54 Å². The van der Waals surface area contributed by atoms with E-state index in [9.17, 15) is 0 Å². The summed E-state index contributed by atoms with van der Waals surface area (Å²) in [6.45, 7) is 7.12. The molecule has 2 nitrogen and oxygen atoms in total. The zero-order valence-electron chi connectivity index (χ0n) is 10.4. The molecule has 0 saturated heterocycles. The molecule has 1 aromatic heterocycles. The smallest absolute Gasteiger partial charge is 0.134 e. The minimum atomic E-state index is 0.700. The third-order valence-corrected chi connectivity index (χ3v) is 3.19. The molecular weight excluding hydrogens is 246 g/mol. The minimum Gasteiger partial charge on any atom is -0.460 e. The van der Waals surface area contributed by atoms with Gasteiger partial charge in [-0.25, -0.2) is 0 Å². The molecule has 0 radical (unpaired) electrons. The fourth-order valence-corrected chi connectivity index (χ4v) is 1.96. The summed E-state index contributed by atoms with van der Waals surface area (Å²) in [5.41, 5.74) is 2.08. The number of benzene rings is 1. The van der Waals surface area contributed by atoms with Crippen molar-refractivity contribution < 1.29 is 4.42 Å². The molecule has 2 rings (SSSR count). The summed E-state index contributed by atoms with van der Waals surface area (Å²) in [7, 11) is 0. The molecule has 0 unspecified atom stereocenters. The number of rotatable bonds is 5. The summed E-state index contributed by atoms with van der Waals surface area (Å²) in [5, 5.41) is 3.96. The van der Waals surface area contributed by atoms with Gasteiger partial charge in [0.15, 0.2) is 0 Å². The van der Waals surface area contributed by atoms with Gasteiger partial charge in [-0.2, -0.15) is 0 Å². The highest BCUT2D eigenvalue weighted by molar-refractivity contribution is 6.31. The zero-order chi connectivity index (χ0) is 13.0. The highest BCUT2D eigenvalue weighted by atomic mass is 35.5. The summed E-state index contributed by atoms with van der Waals surface area (Å²) < 4.78 is 5.80. The molecule has 2 aromatic rings. The second-order valence-electron chi connectivity index (χ2n) is 4.10. The van der Waals surface area contributed by atoms with Gasteiger partial charge in [-0.3, -0.25) is 0 Å². The minimum absolute atomic E-state index is 0.700. The molecule has 1 N–H and O–H groups in total. The third kappa shape index (κ3) is 2.84. The van der Waals surface area contributed by atoms with Crippen LogP contribution >= 0.6 is 11.6 Å². The quantitative estimate of drug-likeness (QED) is 0.645. The Morgan fingerprint density at radius 2 is 2.17 bits per heavy atom. The Kier molecular flexibility index (Phi) is 4.24. The molecule has 0 saturated carbocycles. The summed E-state index contributed by atoms with van der Waals surface area (Å²) in [4.78, 5) is 0. The van der Waals surface area contributed by atoms with Gasteiger partial charge in [0.05, 0.1) is 6.54 Å². The van der Waals surface area contributed by atoms with Gasteiger partial charge in [0.2, 0.25) is 0 Å². The molecule has 0 fully saturated rings. The van der Waals surface area contributed by atoms with Crippen molar-refractivity contribution in [2.75, 3.05) is 6.54 Å². The topological polar surface area (TPSA) is 25.2 Å². The van der Waals surface area contributed by atoms with E-state index in [2.05, 4.69) is 11.9 Å². The van der Waals surface area contributed by atoms with Crippen molar-refractivity contribution in [1.29, 1.82) is 0 Å².